The van der Waals surface area contributed by atoms with E-state index in [1.807, 2.05) is 0 Å². The quantitative estimate of drug-likeness (QED) is 0.287. The number of aromatic amines is 1. The molecular weight excluding hydrogens is 403 g/mol. The van der Waals surface area contributed by atoms with Crippen LogP contribution in [0.1, 0.15) is 11.3 Å². The molecule has 0 bridgehead atoms. The molecule has 31 heavy (non-hydrogen) atoms. The molecule has 0 radical (unpaired) electrons. The van der Waals surface area contributed by atoms with E-state index >= 15 is 0 Å². The van der Waals surface area contributed by atoms with Gasteiger partial charge in [-0.15, -0.1) is 0 Å². The summed E-state index contributed by atoms with van der Waals surface area (Å²) in [6.45, 7) is 0. The molecular formula is C22H17FN4O4. The fourth-order valence-corrected chi connectivity index (χ4v) is 3.49. The summed E-state index contributed by atoms with van der Waals surface area (Å²) in [7, 11) is 1.39. The molecule has 0 saturated heterocycles. The number of fused-ring (bicyclic) bond motifs is 1. The Balaban J connectivity index is 1.85. The van der Waals surface area contributed by atoms with E-state index in [0.29, 0.717) is 33.2 Å². The lowest BCUT2D eigenvalue weighted by Gasteiger charge is -2.13. The molecule has 0 unspecified atom stereocenters. The predicted molar refractivity (Wildman–Crippen MR) is 115 cm³/mol. The standard InChI is InChI=1S/C22H17FN4O4/c1-31-21-11-17(23)13(8-16(21)12-6-7-18(24)20(10-12)27(29)30)9-19-14-4-2-3-5-15(14)22(28)26-25-19/h2-8,10-11H,9,24H2,1H3,(H,26,28). The van der Waals surface area contributed by atoms with E-state index < -0.39 is 10.7 Å². The first-order chi connectivity index (χ1) is 14.9. The second kappa shape index (κ2) is 7.86. The van der Waals surface area contributed by atoms with Crippen LogP contribution in [0, 0.1) is 15.9 Å². The monoisotopic (exact) mass is 420 g/mol. The van der Waals surface area contributed by atoms with Crippen LogP contribution in [-0.4, -0.2) is 22.2 Å². The van der Waals surface area contributed by atoms with Gasteiger partial charge >= 0.3 is 0 Å². The summed E-state index contributed by atoms with van der Waals surface area (Å²) in [5, 5.41) is 18.9. The Labute approximate surface area is 175 Å². The van der Waals surface area contributed by atoms with Gasteiger partial charge in [0.15, 0.2) is 0 Å². The molecule has 0 aliphatic rings. The number of hydrogen-bond acceptors (Lipinski definition) is 6. The minimum absolute atomic E-state index is 0.0268. The Bertz CT molecular complexity index is 1380. The van der Waals surface area contributed by atoms with Gasteiger partial charge in [0.2, 0.25) is 0 Å². The molecule has 3 aromatic carbocycles. The first-order valence-electron chi connectivity index (χ1n) is 9.26. The van der Waals surface area contributed by atoms with Crippen molar-refractivity contribution in [1.29, 1.82) is 0 Å². The van der Waals surface area contributed by atoms with Gasteiger partial charge in [-0.1, -0.05) is 24.3 Å². The highest BCUT2D eigenvalue weighted by Gasteiger charge is 2.18. The molecule has 1 heterocycles. The van der Waals surface area contributed by atoms with Gasteiger partial charge in [-0.25, -0.2) is 9.49 Å². The summed E-state index contributed by atoms with van der Waals surface area (Å²) >= 11 is 0. The number of ether oxygens (including phenoxy) is 1. The van der Waals surface area contributed by atoms with Gasteiger partial charge in [0.25, 0.3) is 11.2 Å². The van der Waals surface area contributed by atoms with Crippen LogP contribution < -0.4 is 16.0 Å². The maximum absolute atomic E-state index is 14.9. The molecule has 156 valence electrons. The summed E-state index contributed by atoms with van der Waals surface area (Å²) in [5.74, 6) is -0.303. The number of nitrogens with zero attached hydrogens (tertiary/aromatic N) is 2. The minimum Gasteiger partial charge on any atom is -0.496 e. The van der Waals surface area contributed by atoms with Gasteiger partial charge in [0.05, 0.1) is 23.1 Å². The molecule has 4 aromatic rings. The van der Waals surface area contributed by atoms with Gasteiger partial charge in [-0.05, 0) is 29.3 Å². The van der Waals surface area contributed by atoms with E-state index in [1.165, 1.54) is 25.3 Å². The first-order valence-corrected chi connectivity index (χ1v) is 9.26. The molecule has 3 N–H and O–H groups in total. The molecule has 8 nitrogen and oxygen atoms in total. The maximum atomic E-state index is 14.9. The fraction of sp³-hybridized carbons (Fsp3) is 0.0909. The Hall–Kier alpha value is -4.27. The number of methoxy groups -OCH3 is 1. The van der Waals surface area contributed by atoms with E-state index in [4.69, 9.17) is 10.5 Å². The molecule has 0 spiro atoms. The summed E-state index contributed by atoms with van der Waals surface area (Å²) in [6, 6.07) is 14.1. The van der Waals surface area contributed by atoms with E-state index in [2.05, 4.69) is 10.2 Å². The zero-order valence-corrected chi connectivity index (χ0v) is 16.4. The number of nitro benzene ring substituents is 1. The Morgan fingerprint density at radius 1 is 1.16 bits per heavy atom. The maximum Gasteiger partial charge on any atom is 0.292 e. The normalized spacial score (nSPS) is 10.9. The molecule has 0 atom stereocenters. The molecule has 9 heteroatoms. The highest BCUT2D eigenvalue weighted by Crippen LogP contribution is 2.36. The number of nitrogens with one attached hydrogen (secondary N) is 1. The number of nitro groups is 1. The molecule has 0 fully saturated rings. The van der Waals surface area contributed by atoms with E-state index in [9.17, 15) is 19.3 Å². The van der Waals surface area contributed by atoms with Crippen LogP contribution in [0.15, 0.2) is 59.4 Å². The fourth-order valence-electron chi connectivity index (χ4n) is 3.49. The predicted octanol–water partition coefficient (Wildman–Crippen LogP) is 3.82. The van der Waals surface area contributed by atoms with Crippen molar-refractivity contribution >= 4 is 22.1 Å². The van der Waals surface area contributed by atoms with Crippen LogP contribution in [0.25, 0.3) is 21.9 Å². The molecule has 0 aliphatic heterocycles. The van der Waals surface area contributed by atoms with Crippen molar-refractivity contribution in [1.82, 2.24) is 10.2 Å². The number of benzene rings is 3. The third-order valence-corrected chi connectivity index (χ3v) is 5.04. The number of rotatable bonds is 5. The number of anilines is 1. The second-order valence-corrected chi connectivity index (χ2v) is 6.90. The van der Waals surface area contributed by atoms with Crippen molar-refractivity contribution in [2.24, 2.45) is 0 Å². The third kappa shape index (κ3) is 3.68. The molecule has 4 rings (SSSR count). The van der Waals surface area contributed by atoms with Crippen LogP contribution in [0.4, 0.5) is 15.8 Å². The first kappa shape index (κ1) is 20.0. The van der Waals surface area contributed by atoms with Crippen molar-refractivity contribution in [3.8, 4) is 16.9 Å². The SMILES string of the molecule is COc1cc(F)c(Cc2n[nH]c(=O)c3ccccc23)cc1-c1ccc(N)c([N+](=O)[O-])c1. The average Bonchev–Trinajstić information content (AvgIpc) is 2.77. The topological polar surface area (TPSA) is 124 Å². The highest BCUT2D eigenvalue weighted by atomic mass is 19.1. The molecule has 0 amide bonds. The minimum atomic E-state index is -0.577. The van der Waals surface area contributed by atoms with Crippen LogP contribution >= 0.6 is 0 Å². The number of halogens is 1. The highest BCUT2D eigenvalue weighted by molar-refractivity contribution is 5.84. The van der Waals surface area contributed by atoms with E-state index in [1.54, 1.807) is 36.4 Å². The summed E-state index contributed by atoms with van der Waals surface area (Å²) in [6.07, 6.45) is 0.0944. The van der Waals surface area contributed by atoms with E-state index in [-0.39, 0.29) is 29.1 Å². The van der Waals surface area contributed by atoms with Crippen molar-refractivity contribution in [2.45, 2.75) is 6.42 Å². The number of nitrogen functional groups attached to an aromatic ring is 1. The second-order valence-electron chi connectivity index (χ2n) is 6.90. The number of nitrogens with two attached hydrogens (primary N) is 1. The lowest BCUT2D eigenvalue weighted by molar-refractivity contribution is -0.383. The zero-order valence-electron chi connectivity index (χ0n) is 16.4. The van der Waals surface area contributed by atoms with Crippen LogP contribution in [0.2, 0.25) is 0 Å². The largest absolute Gasteiger partial charge is 0.496 e. The number of aromatic nitrogens is 2. The molecule has 0 saturated carbocycles. The van der Waals surface area contributed by atoms with Crippen molar-refractivity contribution < 1.29 is 14.1 Å². The van der Waals surface area contributed by atoms with Gasteiger partial charge in [0.1, 0.15) is 17.3 Å². The van der Waals surface area contributed by atoms with Crippen LogP contribution in [0.3, 0.4) is 0 Å². The van der Waals surface area contributed by atoms with Gasteiger partial charge in [0, 0.05) is 29.5 Å². The van der Waals surface area contributed by atoms with Crippen molar-refractivity contribution in [3.63, 3.8) is 0 Å². The smallest absolute Gasteiger partial charge is 0.292 e. The Morgan fingerprint density at radius 2 is 1.90 bits per heavy atom. The lowest BCUT2D eigenvalue weighted by Crippen LogP contribution is -2.11. The van der Waals surface area contributed by atoms with Crippen LogP contribution in [-0.2, 0) is 6.42 Å². The Kier molecular flexibility index (Phi) is 5.08. The molecule has 0 aliphatic carbocycles. The van der Waals surface area contributed by atoms with Gasteiger partial charge in [-0.3, -0.25) is 14.9 Å². The van der Waals surface area contributed by atoms with Crippen molar-refractivity contribution in [2.75, 3.05) is 12.8 Å². The summed E-state index contributed by atoms with van der Waals surface area (Å²) < 4.78 is 20.2. The summed E-state index contributed by atoms with van der Waals surface area (Å²) in [5.41, 5.74) is 6.85. The number of H-pyrrole nitrogens is 1. The Morgan fingerprint density at radius 3 is 2.61 bits per heavy atom. The average molecular weight is 420 g/mol. The van der Waals surface area contributed by atoms with Crippen LogP contribution in [0.5, 0.6) is 5.75 Å². The zero-order chi connectivity index (χ0) is 22.1. The van der Waals surface area contributed by atoms with E-state index in [0.717, 1.165) is 0 Å². The van der Waals surface area contributed by atoms with Gasteiger partial charge in [-0.2, -0.15) is 5.10 Å². The molecule has 1 aromatic heterocycles. The lowest BCUT2D eigenvalue weighted by atomic mass is 9.97. The summed E-state index contributed by atoms with van der Waals surface area (Å²) in [4.78, 5) is 22.7. The third-order valence-electron chi connectivity index (χ3n) is 5.04. The van der Waals surface area contributed by atoms with Gasteiger partial charge < -0.3 is 10.5 Å². The number of hydrogen-bond donors (Lipinski definition) is 2. The van der Waals surface area contributed by atoms with Crippen molar-refractivity contribution in [3.05, 3.63) is 92.1 Å².